The lowest BCUT2D eigenvalue weighted by molar-refractivity contribution is -0.0978. The second-order valence-corrected chi connectivity index (χ2v) is 6.38. The molecule has 0 spiro atoms. The van der Waals surface area contributed by atoms with Crippen LogP contribution in [0.2, 0.25) is 0 Å². The molecule has 0 saturated heterocycles. The van der Waals surface area contributed by atoms with Gasteiger partial charge in [-0.05, 0) is 37.5 Å². The van der Waals surface area contributed by atoms with Crippen LogP contribution in [-0.4, -0.2) is 30.0 Å². The third-order valence-electron chi connectivity index (χ3n) is 4.01. The molecular formula is C14H29NO2. The quantitative estimate of drug-likeness (QED) is 0.778. The van der Waals surface area contributed by atoms with Gasteiger partial charge in [0.2, 0.25) is 0 Å². The van der Waals surface area contributed by atoms with Crippen LogP contribution in [0.15, 0.2) is 0 Å². The first-order valence-electron chi connectivity index (χ1n) is 6.90. The summed E-state index contributed by atoms with van der Waals surface area (Å²) < 4.78 is 5.95. The van der Waals surface area contributed by atoms with Crippen LogP contribution >= 0.6 is 0 Å². The van der Waals surface area contributed by atoms with E-state index in [1.165, 1.54) is 12.8 Å². The van der Waals surface area contributed by atoms with Gasteiger partial charge in [0.25, 0.3) is 0 Å². The van der Waals surface area contributed by atoms with Gasteiger partial charge in [-0.1, -0.05) is 27.2 Å². The molecule has 0 heterocycles. The molecule has 1 saturated carbocycles. The minimum atomic E-state index is -0.887. The van der Waals surface area contributed by atoms with Gasteiger partial charge in [-0.3, -0.25) is 0 Å². The Morgan fingerprint density at radius 1 is 1.41 bits per heavy atom. The molecule has 0 aromatic carbocycles. The summed E-state index contributed by atoms with van der Waals surface area (Å²) in [7, 11) is 0. The van der Waals surface area contributed by atoms with Crippen LogP contribution in [0, 0.1) is 17.8 Å². The van der Waals surface area contributed by atoms with E-state index in [1.54, 1.807) is 6.92 Å². The average molecular weight is 243 g/mol. The summed E-state index contributed by atoms with van der Waals surface area (Å²) >= 11 is 0. The molecule has 4 atom stereocenters. The smallest absolute Gasteiger partial charge is 0.0973 e. The maximum atomic E-state index is 9.89. The predicted molar refractivity (Wildman–Crippen MR) is 70.8 cm³/mol. The molecule has 0 aromatic heterocycles. The molecule has 3 heteroatoms. The molecule has 0 aliphatic heterocycles. The van der Waals surface area contributed by atoms with Gasteiger partial charge in [0.1, 0.15) is 0 Å². The van der Waals surface area contributed by atoms with Crippen LogP contribution in [-0.2, 0) is 4.74 Å². The van der Waals surface area contributed by atoms with Gasteiger partial charge in [-0.15, -0.1) is 0 Å². The van der Waals surface area contributed by atoms with Crippen molar-refractivity contribution >= 4 is 0 Å². The molecule has 1 aliphatic rings. The van der Waals surface area contributed by atoms with Crippen molar-refractivity contribution in [3.8, 4) is 0 Å². The molecule has 1 fully saturated rings. The maximum absolute atomic E-state index is 9.89. The van der Waals surface area contributed by atoms with Crippen LogP contribution in [0.25, 0.3) is 0 Å². The number of nitrogens with two attached hydrogens (primary N) is 1. The van der Waals surface area contributed by atoms with Gasteiger partial charge in [0.15, 0.2) is 0 Å². The van der Waals surface area contributed by atoms with Crippen molar-refractivity contribution in [3.63, 3.8) is 0 Å². The zero-order valence-corrected chi connectivity index (χ0v) is 11.8. The summed E-state index contributed by atoms with van der Waals surface area (Å²) in [5.74, 6) is 2.01. The summed E-state index contributed by atoms with van der Waals surface area (Å²) in [5.41, 5.74) is 4.63. The minimum Gasteiger partial charge on any atom is -0.386 e. The predicted octanol–water partition coefficient (Wildman–Crippen LogP) is 2.17. The van der Waals surface area contributed by atoms with Gasteiger partial charge in [0, 0.05) is 6.54 Å². The highest BCUT2D eigenvalue weighted by Crippen LogP contribution is 2.35. The third-order valence-corrected chi connectivity index (χ3v) is 4.01. The van der Waals surface area contributed by atoms with Crippen molar-refractivity contribution < 1.29 is 9.84 Å². The van der Waals surface area contributed by atoms with E-state index in [0.717, 1.165) is 12.3 Å². The monoisotopic (exact) mass is 243 g/mol. The van der Waals surface area contributed by atoms with Crippen molar-refractivity contribution in [1.82, 2.24) is 0 Å². The lowest BCUT2D eigenvalue weighted by atomic mass is 9.75. The highest BCUT2D eigenvalue weighted by Gasteiger charge is 2.32. The van der Waals surface area contributed by atoms with E-state index in [4.69, 9.17) is 10.5 Å². The molecule has 0 amide bonds. The summed E-state index contributed by atoms with van der Waals surface area (Å²) in [6, 6.07) is 0. The Kier molecular flexibility index (Phi) is 5.42. The van der Waals surface area contributed by atoms with E-state index in [0.29, 0.717) is 18.4 Å². The lowest BCUT2D eigenvalue weighted by Crippen LogP contribution is -2.43. The van der Waals surface area contributed by atoms with Crippen molar-refractivity contribution in [1.29, 1.82) is 0 Å². The first-order chi connectivity index (χ1) is 7.85. The van der Waals surface area contributed by atoms with Gasteiger partial charge in [0.05, 0.1) is 18.3 Å². The zero-order chi connectivity index (χ0) is 13.1. The zero-order valence-electron chi connectivity index (χ0n) is 11.8. The second-order valence-electron chi connectivity index (χ2n) is 6.38. The first kappa shape index (κ1) is 14.9. The molecule has 0 aromatic rings. The van der Waals surface area contributed by atoms with Crippen LogP contribution in [0.5, 0.6) is 0 Å². The Labute approximate surface area is 106 Å². The van der Waals surface area contributed by atoms with Crippen molar-refractivity contribution in [2.45, 2.75) is 58.7 Å². The molecule has 3 N–H and O–H groups in total. The fraction of sp³-hybridized carbons (Fsp3) is 1.00. The van der Waals surface area contributed by atoms with E-state index in [1.807, 2.05) is 0 Å². The Bertz CT molecular complexity index is 228. The largest absolute Gasteiger partial charge is 0.386 e. The first-order valence-corrected chi connectivity index (χ1v) is 6.90. The van der Waals surface area contributed by atoms with Crippen LogP contribution in [0.3, 0.4) is 0 Å². The molecule has 102 valence electrons. The van der Waals surface area contributed by atoms with Crippen LogP contribution in [0.4, 0.5) is 0 Å². The van der Waals surface area contributed by atoms with E-state index in [2.05, 4.69) is 20.8 Å². The fourth-order valence-corrected chi connectivity index (χ4v) is 2.65. The van der Waals surface area contributed by atoms with Crippen molar-refractivity contribution in [2.75, 3.05) is 13.2 Å². The summed E-state index contributed by atoms with van der Waals surface area (Å²) in [5, 5.41) is 9.89. The summed E-state index contributed by atoms with van der Waals surface area (Å²) in [4.78, 5) is 0. The van der Waals surface area contributed by atoms with Crippen LogP contribution in [0.1, 0.15) is 47.0 Å². The fourth-order valence-electron chi connectivity index (χ4n) is 2.65. The normalized spacial score (nSPS) is 33.7. The number of rotatable bonds is 5. The molecule has 3 nitrogen and oxygen atoms in total. The highest BCUT2D eigenvalue weighted by atomic mass is 16.5. The Hall–Kier alpha value is -0.120. The number of aliphatic hydroxyl groups is 1. The highest BCUT2D eigenvalue weighted by molar-refractivity contribution is 4.83. The van der Waals surface area contributed by atoms with Gasteiger partial charge >= 0.3 is 0 Å². The van der Waals surface area contributed by atoms with Gasteiger partial charge in [-0.2, -0.15) is 0 Å². The van der Waals surface area contributed by atoms with Gasteiger partial charge in [-0.25, -0.2) is 0 Å². The Balaban J connectivity index is 2.52. The van der Waals surface area contributed by atoms with E-state index in [9.17, 15) is 5.11 Å². The van der Waals surface area contributed by atoms with E-state index in [-0.39, 0.29) is 12.6 Å². The number of hydrogen-bond donors (Lipinski definition) is 2. The lowest BCUT2D eigenvalue weighted by Gasteiger charge is -2.38. The third kappa shape index (κ3) is 4.57. The second kappa shape index (κ2) is 6.17. The average Bonchev–Trinajstić information content (AvgIpc) is 2.26. The molecule has 0 radical (unpaired) electrons. The molecule has 17 heavy (non-hydrogen) atoms. The van der Waals surface area contributed by atoms with Crippen LogP contribution < -0.4 is 5.73 Å². The standard InChI is InChI=1S/C14H29NO2/c1-10(2)12-6-5-11(3)7-13(12)17-9-14(4,16)8-15/h10-13,16H,5-9,15H2,1-4H3. The Morgan fingerprint density at radius 3 is 2.59 bits per heavy atom. The SMILES string of the molecule is CC1CCC(C(C)C)C(OCC(C)(O)CN)C1. The minimum absolute atomic E-state index is 0.252. The van der Waals surface area contributed by atoms with Gasteiger partial charge < -0.3 is 15.6 Å². The number of hydrogen-bond acceptors (Lipinski definition) is 3. The van der Waals surface area contributed by atoms with E-state index >= 15 is 0 Å². The summed E-state index contributed by atoms with van der Waals surface area (Å²) in [6.45, 7) is 9.15. The number of ether oxygens (including phenoxy) is 1. The van der Waals surface area contributed by atoms with E-state index < -0.39 is 5.60 Å². The van der Waals surface area contributed by atoms with Crippen molar-refractivity contribution in [2.24, 2.45) is 23.5 Å². The topological polar surface area (TPSA) is 55.5 Å². The summed E-state index contributed by atoms with van der Waals surface area (Å²) in [6.07, 6.45) is 3.95. The molecule has 4 unspecified atom stereocenters. The molecular weight excluding hydrogens is 214 g/mol. The molecule has 0 bridgehead atoms. The Morgan fingerprint density at radius 2 is 2.06 bits per heavy atom. The molecule has 1 rings (SSSR count). The maximum Gasteiger partial charge on any atom is 0.0973 e. The van der Waals surface area contributed by atoms with Crippen molar-refractivity contribution in [3.05, 3.63) is 0 Å². The molecule has 1 aliphatic carbocycles.